The molecule has 0 radical (unpaired) electrons. The highest BCUT2D eigenvalue weighted by atomic mass is 127. The number of aliphatic imine (C=N–C) groups is 1. The summed E-state index contributed by atoms with van der Waals surface area (Å²) in [5, 5.41) is 7.40. The number of nitrogens with zero attached hydrogens (tertiary/aromatic N) is 1. The fourth-order valence-electron chi connectivity index (χ4n) is 3.22. The van der Waals surface area contributed by atoms with Crippen molar-refractivity contribution in [3.05, 3.63) is 65.6 Å². The Labute approximate surface area is 199 Å². The summed E-state index contributed by atoms with van der Waals surface area (Å²) in [6.45, 7) is 3.99. The lowest BCUT2D eigenvalue weighted by Gasteiger charge is -2.11. The molecule has 3 aromatic rings. The van der Waals surface area contributed by atoms with E-state index in [0.717, 1.165) is 41.0 Å². The zero-order valence-corrected chi connectivity index (χ0v) is 20.8. The van der Waals surface area contributed by atoms with Crippen molar-refractivity contribution in [3.8, 4) is 0 Å². The highest BCUT2D eigenvalue weighted by Crippen LogP contribution is 2.19. The lowest BCUT2D eigenvalue weighted by Crippen LogP contribution is -2.38. The lowest BCUT2D eigenvalue weighted by atomic mass is 10.1. The van der Waals surface area contributed by atoms with E-state index in [-0.39, 0.29) is 29.8 Å². The van der Waals surface area contributed by atoms with Crippen LogP contribution in [0.3, 0.4) is 0 Å². The first-order chi connectivity index (χ1) is 14.4. The van der Waals surface area contributed by atoms with Crippen molar-refractivity contribution in [2.24, 2.45) is 4.99 Å². The van der Waals surface area contributed by atoms with E-state index in [9.17, 15) is 12.8 Å². The molecule has 0 spiro atoms. The van der Waals surface area contributed by atoms with Gasteiger partial charge in [-0.15, -0.1) is 24.0 Å². The Balaban J connectivity index is 0.00000341. The Morgan fingerprint density at radius 3 is 2.52 bits per heavy atom. The highest BCUT2D eigenvalue weighted by molar-refractivity contribution is 14.0. The number of guanidine groups is 1. The standard InChI is InChI=1S/C22H27FN4O2S.HI/c1-3-24-22(25-12-10-16-4-7-19(8-5-16)30(2,28)29)26-13-11-17-15-27-21-9-6-18(23)14-20(17)21;/h4-9,14-15,27H,3,10-13H2,1-2H3,(H2,24,25,26);1H. The molecule has 0 saturated carbocycles. The molecular formula is C22H28FIN4O2S. The minimum atomic E-state index is -3.17. The van der Waals surface area contributed by atoms with Crippen LogP contribution in [0.25, 0.3) is 10.9 Å². The summed E-state index contributed by atoms with van der Waals surface area (Å²) in [5.41, 5.74) is 3.00. The first-order valence-electron chi connectivity index (χ1n) is 9.93. The highest BCUT2D eigenvalue weighted by Gasteiger charge is 2.07. The van der Waals surface area contributed by atoms with Crippen molar-refractivity contribution in [1.29, 1.82) is 0 Å². The van der Waals surface area contributed by atoms with Crippen LogP contribution in [0, 0.1) is 5.82 Å². The van der Waals surface area contributed by atoms with Crippen LogP contribution >= 0.6 is 24.0 Å². The fraction of sp³-hybridized carbons (Fsp3) is 0.318. The van der Waals surface area contributed by atoms with Crippen LogP contribution < -0.4 is 10.6 Å². The second kappa shape index (κ2) is 11.5. The van der Waals surface area contributed by atoms with Crippen molar-refractivity contribution < 1.29 is 12.8 Å². The molecular weight excluding hydrogens is 530 g/mol. The van der Waals surface area contributed by atoms with Gasteiger partial charge < -0.3 is 15.6 Å². The number of nitrogens with one attached hydrogen (secondary N) is 3. The Morgan fingerprint density at radius 1 is 1.10 bits per heavy atom. The molecule has 0 aliphatic rings. The molecule has 0 bridgehead atoms. The average Bonchev–Trinajstić information content (AvgIpc) is 3.10. The van der Waals surface area contributed by atoms with Gasteiger partial charge in [-0.05, 0) is 61.2 Å². The van der Waals surface area contributed by atoms with Gasteiger partial charge in [-0.3, -0.25) is 4.99 Å². The summed E-state index contributed by atoms with van der Waals surface area (Å²) in [6, 6.07) is 11.7. The number of aromatic amines is 1. The van der Waals surface area contributed by atoms with Crippen molar-refractivity contribution in [3.63, 3.8) is 0 Å². The predicted molar refractivity (Wildman–Crippen MR) is 135 cm³/mol. The first kappa shape index (κ1) is 25.1. The number of H-pyrrole nitrogens is 1. The topological polar surface area (TPSA) is 86.3 Å². The SMILES string of the molecule is CCNC(=NCCc1c[nH]c2ccc(F)cc12)NCCc1ccc(S(C)(=O)=O)cc1.I. The summed E-state index contributed by atoms with van der Waals surface area (Å²) in [7, 11) is -3.17. The van der Waals surface area contributed by atoms with Gasteiger partial charge >= 0.3 is 0 Å². The van der Waals surface area contributed by atoms with E-state index < -0.39 is 9.84 Å². The third-order valence-electron chi connectivity index (χ3n) is 4.78. The van der Waals surface area contributed by atoms with E-state index in [1.807, 2.05) is 25.3 Å². The Bertz CT molecular complexity index is 1130. The van der Waals surface area contributed by atoms with Crippen molar-refractivity contribution in [1.82, 2.24) is 15.6 Å². The molecule has 3 rings (SSSR count). The smallest absolute Gasteiger partial charge is 0.191 e. The summed E-state index contributed by atoms with van der Waals surface area (Å²) in [5.74, 6) is 0.475. The predicted octanol–water partition coefficient (Wildman–Crippen LogP) is 3.67. The molecule has 2 aromatic carbocycles. The van der Waals surface area contributed by atoms with Crippen LogP contribution in [0.1, 0.15) is 18.1 Å². The molecule has 3 N–H and O–H groups in total. The minimum absolute atomic E-state index is 0. The number of hydrogen-bond donors (Lipinski definition) is 3. The minimum Gasteiger partial charge on any atom is -0.361 e. The van der Waals surface area contributed by atoms with Crippen LogP contribution in [-0.4, -0.2) is 45.3 Å². The second-order valence-corrected chi connectivity index (χ2v) is 9.12. The summed E-state index contributed by atoms with van der Waals surface area (Å²) < 4.78 is 36.6. The molecule has 6 nitrogen and oxygen atoms in total. The molecule has 1 aromatic heterocycles. The van der Waals surface area contributed by atoms with Crippen molar-refractivity contribution in [2.75, 3.05) is 25.9 Å². The number of benzene rings is 2. The van der Waals surface area contributed by atoms with Gasteiger partial charge in [0.25, 0.3) is 0 Å². The molecule has 0 unspecified atom stereocenters. The van der Waals surface area contributed by atoms with Crippen LogP contribution in [-0.2, 0) is 22.7 Å². The van der Waals surface area contributed by atoms with E-state index in [1.54, 1.807) is 24.3 Å². The number of aromatic nitrogens is 1. The number of sulfone groups is 1. The number of hydrogen-bond acceptors (Lipinski definition) is 3. The normalized spacial score (nSPS) is 11.9. The van der Waals surface area contributed by atoms with E-state index >= 15 is 0 Å². The van der Waals surface area contributed by atoms with Gasteiger partial charge in [0.15, 0.2) is 15.8 Å². The molecule has 168 valence electrons. The summed E-state index contributed by atoms with van der Waals surface area (Å²) in [4.78, 5) is 8.09. The monoisotopic (exact) mass is 558 g/mol. The van der Waals surface area contributed by atoms with Crippen LogP contribution in [0.2, 0.25) is 0 Å². The van der Waals surface area contributed by atoms with Gasteiger partial charge in [0, 0.05) is 43.0 Å². The zero-order chi connectivity index (χ0) is 21.6. The maximum absolute atomic E-state index is 13.5. The van der Waals surface area contributed by atoms with Crippen molar-refractivity contribution >= 4 is 50.7 Å². The van der Waals surface area contributed by atoms with Crippen molar-refractivity contribution in [2.45, 2.75) is 24.7 Å². The van der Waals surface area contributed by atoms with E-state index in [0.29, 0.717) is 24.4 Å². The largest absolute Gasteiger partial charge is 0.361 e. The quantitative estimate of drug-likeness (QED) is 0.224. The van der Waals surface area contributed by atoms with Gasteiger partial charge in [0.1, 0.15) is 5.82 Å². The fourth-order valence-corrected chi connectivity index (χ4v) is 3.85. The number of rotatable bonds is 8. The van der Waals surface area contributed by atoms with Gasteiger partial charge in [-0.2, -0.15) is 0 Å². The van der Waals surface area contributed by atoms with Gasteiger partial charge in [-0.1, -0.05) is 12.1 Å². The van der Waals surface area contributed by atoms with E-state index in [4.69, 9.17) is 0 Å². The zero-order valence-electron chi connectivity index (χ0n) is 17.6. The third-order valence-corrected chi connectivity index (χ3v) is 5.91. The Hall–Kier alpha value is -2.14. The molecule has 0 fully saturated rings. The molecule has 31 heavy (non-hydrogen) atoms. The third kappa shape index (κ3) is 7.20. The van der Waals surface area contributed by atoms with E-state index in [2.05, 4.69) is 20.6 Å². The van der Waals surface area contributed by atoms with Gasteiger partial charge in [-0.25, -0.2) is 12.8 Å². The number of halogens is 2. The summed E-state index contributed by atoms with van der Waals surface area (Å²) in [6.07, 6.45) is 4.55. The van der Waals surface area contributed by atoms with E-state index in [1.165, 1.54) is 12.3 Å². The molecule has 0 atom stereocenters. The maximum Gasteiger partial charge on any atom is 0.191 e. The molecule has 0 aliphatic carbocycles. The maximum atomic E-state index is 13.5. The molecule has 9 heteroatoms. The number of fused-ring (bicyclic) bond motifs is 1. The molecule has 0 aliphatic heterocycles. The Kier molecular flexibility index (Phi) is 9.30. The first-order valence-corrected chi connectivity index (χ1v) is 11.8. The average molecular weight is 558 g/mol. The lowest BCUT2D eigenvalue weighted by molar-refractivity contribution is 0.602. The second-order valence-electron chi connectivity index (χ2n) is 7.11. The molecule has 0 amide bonds. The van der Waals surface area contributed by atoms with Gasteiger partial charge in [0.2, 0.25) is 0 Å². The van der Waals surface area contributed by atoms with Gasteiger partial charge in [0.05, 0.1) is 4.90 Å². The summed E-state index contributed by atoms with van der Waals surface area (Å²) >= 11 is 0. The van der Waals surface area contributed by atoms with Crippen LogP contribution in [0.5, 0.6) is 0 Å². The molecule has 0 saturated heterocycles. The van der Waals surface area contributed by atoms with Crippen LogP contribution in [0.4, 0.5) is 4.39 Å². The van der Waals surface area contributed by atoms with Crippen LogP contribution in [0.15, 0.2) is 58.5 Å². The Morgan fingerprint density at radius 2 is 1.84 bits per heavy atom. The molecule has 1 heterocycles.